The number of rotatable bonds is 12. The van der Waals surface area contributed by atoms with Crippen molar-refractivity contribution in [2.24, 2.45) is 0 Å². The van der Waals surface area contributed by atoms with Gasteiger partial charge in [0, 0.05) is 13.0 Å². The molecule has 0 fully saturated rings. The van der Waals surface area contributed by atoms with Crippen LogP contribution in [0.5, 0.6) is 17.2 Å². The van der Waals surface area contributed by atoms with E-state index >= 15 is 0 Å². The van der Waals surface area contributed by atoms with Gasteiger partial charge >= 0.3 is 5.97 Å². The molecule has 0 atom stereocenters. The molecule has 8 heteroatoms. The number of nitriles is 1. The molecule has 1 N–H and O–H groups in total. The molecule has 0 aromatic heterocycles. The lowest BCUT2D eigenvalue weighted by atomic mass is 10.1. The zero-order valence-electron chi connectivity index (χ0n) is 19.7. The van der Waals surface area contributed by atoms with E-state index in [0.717, 1.165) is 28.6 Å². The summed E-state index contributed by atoms with van der Waals surface area (Å²) in [7, 11) is 1.45. The third-order valence-corrected chi connectivity index (χ3v) is 5.39. The van der Waals surface area contributed by atoms with Crippen LogP contribution in [0.4, 0.5) is 0 Å². The summed E-state index contributed by atoms with van der Waals surface area (Å²) < 4.78 is 17.3. The Hall–Kier alpha value is -3.31. The minimum Gasteiger partial charge on any atom is -0.493 e. The van der Waals surface area contributed by atoms with Crippen molar-refractivity contribution in [3.63, 3.8) is 0 Å². The third-order valence-electron chi connectivity index (χ3n) is 4.77. The van der Waals surface area contributed by atoms with E-state index in [1.54, 1.807) is 18.2 Å². The molecule has 0 saturated heterocycles. The number of nitrogens with zero attached hydrogens (tertiary/aromatic N) is 1. The van der Waals surface area contributed by atoms with Crippen LogP contribution in [0.25, 0.3) is 6.08 Å². The molecule has 34 heavy (non-hydrogen) atoms. The maximum atomic E-state index is 12.3. The molecule has 2 rings (SSSR count). The largest absolute Gasteiger partial charge is 0.493 e. The quantitative estimate of drug-likeness (QED) is 0.131. The Morgan fingerprint density at radius 3 is 2.56 bits per heavy atom. The van der Waals surface area contributed by atoms with Crippen molar-refractivity contribution in [2.45, 2.75) is 39.5 Å². The summed E-state index contributed by atoms with van der Waals surface area (Å²) in [6.45, 7) is 4.90. The number of nitrogens with one attached hydrogen (secondary N) is 1. The van der Waals surface area contributed by atoms with E-state index < -0.39 is 11.9 Å². The number of esters is 1. The Bertz CT molecular complexity index is 1080. The van der Waals surface area contributed by atoms with Gasteiger partial charge in [-0.3, -0.25) is 9.59 Å². The van der Waals surface area contributed by atoms with Crippen LogP contribution in [-0.2, 0) is 9.59 Å². The molecule has 0 aliphatic rings. The fraction of sp³-hybridized carbons (Fsp3) is 0.346. The standard InChI is InChI=1S/C26H29BrN2O5/c1-4-5-12-29-26(31)20(17-28)15-19-9-11-23(24(16-19)32-3)34-25(30)7-6-13-33-22-10-8-18(2)14-21(22)27/h8-11,14-16H,4-7,12-13H2,1-3H3,(H,29,31)/b20-15+. The Morgan fingerprint density at radius 2 is 1.88 bits per heavy atom. The van der Waals surface area contributed by atoms with E-state index in [1.165, 1.54) is 13.2 Å². The lowest BCUT2D eigenvalue weighted by molar-refractivity contribution is -0.134. The van der Waals surface area contributed by atoms with Gasteiger partial charge in [-0.25, -0.2) is 0 Å². The number of halogens is 1. The van der Waals surface area contributed by atoms with E-state index in [1.807, 2.05) is 38.1 Å². The number of ether oxygens (including phenoxy) is 3. The average molecular weight is 529 g/mol. The number of unbranched alkanes of at least 4 members (excludes halogenated alkanes) is 1. The minimum absolute atomic E-state index is 0.0110. The molecule has 0 unspecified atom stereocenters. The number of hydrogen-bond acceptors (Lipinski definition) is 6. The number of carbonyl (C=O) groups is 2. The highest BCUT2D eigenvalue weighted by Gasteiger charge is 2.13. The fourth-order valence-electron chi connectivity index (χ4n) is 2.94. The van der Waals surface area contributed by atoms with Crippen molar-refractivity contribution in [2.75, 3.05) is 20.3 Å². The number of carbonyl (C=O) groups excluding carboxylic acids is 2. The zero-order chi connectivity index (χ0) is 24.9. The van der Waals surface area contributed by atoms with Crippen molar-refractivity contribution in [3.05, 3.63) is 57.6 Å². The van der Waals surface area contributed by atoms with Gasteiger partial charge in [-0.2, -0.15) is 5.26 Å². The SMILES string of the molecule is CCCCNC(=O)/C(C#N)=C/c1ccc(OC(=O)CCCOc2ccc(C)cc2Br)c(OC)c1. The van der Waals surface area contributed by atoms with Crippen molar-refractivity contribution in [1.29, 1.82) is 5.26 Å². The molecule has 2 aromatic rings. The summed E-state index contributed by atoms with van der Waals surface area (Å²) in [5.41, 5.74) is 1.69. The Labute approximate surface area is 208 Å². The number of methoxy groups -OCH3 is 1. The molecule has 0 radical (unpaired) electrons. The van der Waals surface area contributed by atoms with Gasteiger partial charge < -0.3 is 19.5 Å². The highest BCUT2D eigenvalue weighted by Crippen LogP contribution is 2.30. The molecule has 0 spiro atoms. The second-order valence-electron chi connectivity index (χ2n) is 7.55. The first-order valence-electron chi connectivity index (χ1n) is 11.1. The van der Waals surface area contributed by atoms with Gasteiger partial charge in [-0.1, -0.05) is 25.5 Å². The first-order chi connectivity index (χ1) is 16.4. The van der Waals surface area contributed by atoms with Gasteiger partial charge in [0.1, 0.15) is 17.4 Å². The van der Waals surface area contributed by atoms with Crippen LogP contribution in [0.15, 0.2) is 46.4 Å². The van der Waals surface area contributed by atoms with Crippen LogP contribution in [-0.4, -0.2) is 32.1 Å². The Morgan fingerprint density at radius 1 is 1.12 bits per heavy atom. The van der Waals surface area contributed by atoms with Gasteiger partial charge in [-0.15, -0.1) is 0 Å². The smallest absolute Gasteiger partial charge is 0.311 e. The van der Waals surface area contributed by atoms with E-state index in [0.29, 0.717) is 30.9 Å². The molecular weight excluding hydrogens is 500 g/mol. The summed E-state index contributed by atoms with van der Waals surface area (Å²) in [5.74, 6) is 0.468. The molecule has 0 saturated carbocycles. The summed E-state index contributed by atoms with van der Waals surface area (Å²) in [6, 6.07) is 12.6. The highest BCUT2D eigenvalue weighted by atomic mass is 79.9. The summed E-state index contributed by atoms with van der Waals surface area (Å²) >= 11 is 3.46. The van der Waals surface area contributed by atoms with Crippen molar-refractivity contribution >= 4 is 33.9 Å². The normalized spacial score (nSPS) is 10.9. The van der Waals surface area contributed by atoms with E-state index in [-0.39, 0.29) is 17.7 Å². The predicted octanol–water partition coefficient (Wildman–Crippen LogP) is 5.35. The average Bonchev–Trinajstić information content (AvgIpc) is 2.82. The van der Waals surface area contributed by atoms with Gasteiger partial charge in [0.15, 0.2) is 11.5 Å². The van der Waals surface area contributed by atoms with Crippen molar-refractivity contribution < 1.29 is 23.8 Å². The van der Waals surface area contributed by atoms with Crippen molar-refractivity contribution in [3.8, 4) is 23.3 Å². The number of benzene rings is 2. The van der Waals surface area contributed by atoms with Gasteiger partial charge in [0.2, 0.25) is 0 Å². The number of hydrogen-bond donors (Lipinski definition) is 1. The summed E-state index contributed by atoms with van der Waals surface area (Å²) in [4.78, 5) is 24.4. The molecule has 0 heterocycles. The summed E-state index contributed by atoms with van der Waals surface area (Å²) in [5, 5.41) is 12.0. The van der Waals surface area contributed by atoms with E-state index in [4.69, 9.17) is 14.2 Å². The Balaban J connectivity index is 1.93. The van der Waals surface area contributed by atoms with Crippen LogP contribution >= 0.6 is 15.9 Å². The monoisotopic (exact) mass is 528 g/mol. The Kier molecular flexibility index (Phi) is 11.1. The van der Waals surface area contributed by atoms with Gasteiger partial charge in [-0.05, 0) is 77.2 Å². The first-order valence-corrected chi connectivity index (χ1v) is 11.8. The maximum Gasteiger partial charge on any atom is 0.311 e. The molecular formula is C26H29BrN2O5. The lowest BCUT2D eigenvalue weighted by Gasteiger charge is -2.11. The second kappa shape index (κ2) is 14.1. The maximum absolute atomic E-state index is 12.3. The molecule has 0 aliphatic heterocycles. The molecule has 1 amide bonds. The molecule has 2 aromatic carbocycles. The lowest BCUT2D eigenvalue weighted by Crippen LogP contribution is -2.25. The fourth-order valence-corrected chi connectivity index (χ4v) is 3.55. The second-order valence-corrected chi connectivity index (χ2v) is 8.40. The first kappa shape index (κ1) is 26.9. The van der Waals surface area contributed by atoms with E-state index in [2.05, 4.69) is 21.2 Å². The third kappa shape index (κ3) is 8.56. The molecule has 7 nitrogen and oxygen atoms in total. The number of amides is 1. The minimum atomic E-state index is -0.426. The van der Waals surface area contributed by atoms with Gasteiger partial charge in [0.05, 0.1) is 18.2 Å². The summed E-state index contributed by atoms with van der Waals surface area (Å²) in [6.07, 6.45) is 3.91. The molecule has 180 valence electrons. The van der Waals surface area contributed by atoms with Crippen LogP contribution in [0, 0.1) is 18.3 Å². The predicted molar refractivity (Wildman–Crippen MR) is 134 cm³/mol. The topological polar surface area (TPSA) is 97.7 Å². The highest BCUT2D eigenvalue weighted by molar-refractivity contribution is 9.10. The molecule has 0 bridgehead atoms. The molecule has 0 aliphatic carbocycles. The van der Waals surface area contributed by atoms with Crippen molar-refractivity contribution in [1.82, 2.24) is 5.32 Å². The van der Waals surface area contributed by atoms with Crippen LogP contribution in [0.1, 0.15) is 43.7 Å². The van der Waals surface area contributed by atoms with Crippen LogP contribution < -0.4 is 19.5 Å². The number of aryl methyl sites for hydroxylation is 1. The van der Waals surface area contributed by atoms with Gasteiger partial charge in [0.25, 0.3) is 5.91 Å². The zero-order valence-corrected chi connectivity index (χ0v) is 21.2. The van der Waals surface area contributed by atoms with Crippen LogP contribution in [0.3, 0.4) is 0 Å². The van der Waals surface area contributed by atoms with Crippen LogP contribution in [0.2, 0.25) is 0 Å². The van der Waals surface area contributed by atoms with E-state index in [9.17, 15) is 14.9 Å².